The van der Waals surface area contributed by atoms with Crippen molar-refractivity contribution in [3.63, 3.8) is 0 Å². The Morgan fingerprint density at radius 1 is 1.21 bits per heavy atom. The molecule has 0 heterocycles. The van der Waals surface area contributed by atoms with Crippen molar-refractivity contribution in [3.05, 3.63) is 34.9 Å². The SMILES string of the molecule is Cc1cc(C(C)(C)C)ccc1C(N)C(C#N)C(C)C. The Labute approximate surface area is 117 Å². The number of nitrogens with two attached hydrogens (primary N) is 1. The van der Waals surface area contributed by atoms with Crippen LogP contribution in [0.25, 0.3) is 0 Å². The second-order valence-electron chi connectivity index (χ2n) is 6.75. The zero-order valence-electron chi connectivity index (χ0n) is 13.0. The van der Waals surface area contributed by atoms with Gasteiger partial charge in [0.05, 0.1) is 12.0 Å². The molecule has 1 rings (SSSR count). The van der Waals surface area contributed by atoms with Gasteiger partial charge in [-0.05, 0) is 34.9 Å². The van der Waals surface area contributed by atoms with Crippen molar-refractivity contribution in [2.24, 2.45) is 17.6 Å². The molecule has 0 saturated heterocycles. The van der Waals surface area contributed by atoms with Gasteiger partial charge >= 0.3 is 0 Å². The minimum Gasteiger partial charge on any atom is -0.323 e. The normalized spacial score (nSPS) is 15.1. The van der Waals surface area contributed by atoms with Gasteiger partial charge in [-0.1, -0.05) is 52.8 Å². The van der Waals surface area contributed by atoms with Gasteiger partial charge in [0.1, 0.15) is 0 Å². The van der Waals surface area contributed by atoms with Gasteiger partial charge < -0.3 is 5.73 Å². The van der Waals surface area contributed by atoms with Crippen LogP contribution in [0, 0.1) is 30.1 Å². The average Bonchev–Trinajstić information content (AvgIpc) is 2.27. The third kappa shape index (κ3) is 3.58. The van der Waals surface area contributed by atoms with Crippen LogP contribution in [0.1, 0.15) is 57.4 Å². The molecule has 2 atom stereocenters. The molecule has 2 unspecified atom stereocenters. The van der Waals surface area contributed by atoms with E-state index in [1.807, 2.05) is 13.8 Å². The molecule has 0 amide bonds. The van der Waals surface area contributed by atoms with Crippen LogP contribution in [0.15, 0.2) is 18.2 Å². The van der Waals surface area contributed by atoms with Crippen LogP contribution in [0.2, 0.25) is 0 Å². The summed E-state index contributed by atoms with van der Waals surface area (Å²) in [4.78, 5) is 0. The minimum atomic E-state index is -0.209. The van der Waals surface area contributed by atoms with E-state index in [1.165, 1.54) is 11.1 Å². The van der Waals surface area contributed by atoms with E-state index >= 15 is 0 Å². The summed E-state index contributed by atoms with van der Waals surface area (Å²) in [5.74, 6) is 0.126. The van der Waals surface area contributed by atoms with E-state index in [0.717, 1.165) is 5.56 Å². The lowest BCUT2D eigenvalue weighted by molar-refractivity contribution is 0.402. The van der Waals surface area contributed by atoms with Crippen molar-refractivity contribution in [2.75, 3.05) is 0 Å². The van der Waals surface area contributed by atoms with Crippen LogP contribution in [0.5, 0.6) is 0 Å². The molecule has 1 aromatic rings. The molecule has 0 aliphatic carbocycles. The van der Waals surface area contributed by atoms with E-state index in [4.69, 9.17) is 5.73 Å². The first-order valence-corrected chi connectivity index (χ1v) is 6.94. The first-order valence-electron chi connectivity index (χ1n) is 6.94. The fourth-order valence-corrected chi connectivity index (χ4v) is 2.35. The van der Waals surface area contributed by atoms with E-state index < -0.39 is 0 Å². The van der Waals surface area contributed by atoms with Crippen LogP contribution >= 0.6 is 0 Å². The van der Waals surface area contributed by atoms with Crippen molar-refractivity contribution in [1.29, 1.82) is 5.26 Å². The second-order valence-corrected chi connectivity index (χ2v) is 6.75. The number of hydrogen-bond acceptors (Lipinski definition) is 2. The Morgan fingerprint density at radius 3 is 2.16 bits per heavy atom. The zero-order chi connectivity index (χ0) is 14.8. The highest BCUT2D eigenvalue weighted by Gasteiger charge is 2.24. The summed E-state index contributed by atoms with van der Waals surface area (Å²) in [5, 5.41) is 9.27. The summed E-state index contributed by atoms with van der Waals surface area (Å²) in [6, 6.07) is 8.56. The fourth-order valence-electron chi connectivity index (χ4n) is 2.35. The van der Waals surface area contributed by atoms with Gasteiger partial charge in [0.25, 0.3) is 0 Å². The van der Waals surface area contributed by atoms with Gasteiger partial charge in [-0.3, -0.25) is 0 Å². The highest BCUT2D eigenvalue weighted by atomic mass is 14.7. The maximum Gasteiger partial charge on any atom is 0.0679 e. The minimum absolute atomic E-state index is 0.139. The van der Waals surface area contributed by atoms with E-state index in [0.29, 0.717) is 0 Å². The number of hydrogen-bond donors (Lipinski definition) is 1. The molecule has 1 aromatic carbocycles. The van der Waals surface area contributed by atoms with Gasteiger partial charge in [-0.25, -0.2) is 0 Å². The number of nitrogens with zero attached hydrogens (tertiary/aromatic N) is 1. The zero-order valence-corrected chi connectivity index (χ0v) is 13.0. The van der Waals surface area contributed by atoms with Crippen LogP contribution < -0.4 is 5.73 Å². The molecule has 0 bridgehead atoms. The Morgan fingerprint density at radius 2 is 1.79 bits per heavy atom. The van der Waals surface area contributed by atoms with Gasteiger partial charge in [0.15, 0.2) is 0 Å². The molecule has 19 heavy (non-hydrogen) atoms. The Balaban J connectivity index is 3.13. The summed E-state index contributed by atoms with van der Waals surface area (Å²) in [6.07, 6.45) is 0. The summed E-state index contributed by atoms with van der Waals surface area (Å²) < 4.78 is 0. The third-order valence-corrected chi connectivity index (χ3v) is 3.75. The molecule has 2 heteroatoms. The summed E-state index contributed by atoms with van der Waals surface area (Å²) in [7, 11) is 0. The van der Waals surface area contributed by atoms with Gasteiger partial charge in [-0.15, -0.1) is 0 Å². The van der Waals surface area contributed by atoms with Gasteiger partial charge in [0.2, 0.25) is 0 Å². The Bertz CT molecular complexity index is 475. The summed E-state index contributed by atoms with van der Waals surface area (Å²) in [6.45, 7) is 12.8. The topological polar surface area (TPSA) is 49.8 Å². The van der Waals surface area contributed by atoms with Crippen LogP contribution in [0.3, 0.4) is 0 Å². The van der Waals surface area contributed by atoms with E-state index in [-0.39, 0.29) is 23.3 Å². The third-order valence-electron chi connectivity index (χ3n) is 3.75. The maximum absolute atomic E-state index is 9.27. The highest BCUT2D eigenvalue weighted by Crippen LogP contribution is 2.30. The fraction of sp³-hybridized carbons (Fsp3) is 0.588. The molecule has 0 aromatic heterocycles. The standard InChI is InChI=1S/C17H26N2/c1-11(2)15(10-18)16(19)14-8-7-13(9-12(14)3)17(4,5)6/h7-9,11,15-16H,19H2,1-6H3. The average molecular weight is 258 g/mol. The largest absolute Gasteiger partial charge is 0.323 e. The molecule has 0 aliphatic heterocycles. The van der Waals surface area contributed by atoms with E-state index in [9.17, 15) is 5.26 Å². The number of nitriles is 1. The molecule has 104 valence electrons. The molecule has 2 N–H and O–H groups in total. The summed E-state index contributed by atoms with van der Waals surface area (Å²) >= 11 is 0. The molecular weight excluding hydrogens is 232 g/mol. The molecule has 0 fully saturated rings. The van der Waals surface area contributed by atoms with Crippen LogP contribution in [-0.2, 0) is 5.41 Å². The van der Waals surface area contributed by atoms with Gasteiger partial charge in [-0.2, -0.15) is 5.26 Å². The van der Waals surface area contributed by atoms with E-state index in [1.54, 1.807) is 0 Å². The van der Waals surface area contributed by atoms with Crippen molar-refractivity contribution < 1.29 is 0 Å². The lowest BCUT2D eigenvalue weighted by Gasteiger charge is -2.25. The number of benzene rings is 1. The van der Waals surface area contributed by atoms with Crippen molar-refractivity contribution in [2.45, 2.75) is 53.0 Å². The van der Waals surface area contributed by atoms with Crippen molar-refractivity contribution >= 4 is 0 Å². The molecule has 0 spiro atoms. The smallest absolute Gasteiger partial charge is 0.0679 e. The lowest BCUT2D eigenvalue weighted by Crippen LogP contribution is -2.25. The van der Waals surface area contributed by atoms with E-state index in [2.05, 4.69) is 52.0 Å². The lowest BCUT2D eigenvalue weighted by atomic mass is 9.81. The van der Waals surface area contributed by atoms with Crippen molar-refractivity contribution in [3.8, 4) is 6.07 Å². The highest BCUT2D eigenvalue weighted by molar-refractivity contribution is 5.37. The Hall–Kier alpha value is -1.33. The van der Waals surface area contributed by atoms with Gasteiger partial charge in [0, 0.05) is 6.04 Å². The Kier molecular flexibility index (Phi) is 4.76. The van der Waals surface area contributed by atoms with Crippen molar-refractivity contribution in [1.82, 2.24) is 0 Å². The first kappa shape index (κ1) is 15.7. The first-order chi connectivity index (χ1) is 8.68. The predicted octanol–water partition coefficient (Wildman–Crippen LogP) is 4.09. The molecular formula is C17H26N2. The molecule has 0 aliphatic rings. The van der Waals surface area contributed by atoms with Crippen LogP contribution in [0.4, 0.5) is 0 Å². The summed E-state index contributed by atoms with van der Waals surface area (Å²) in [5.41, 5.74) is 10.0. The number of aryl methyl sites for hydroxylation is 1. The van der Waals surface area contributed by atoms with Crippen LogP contribution in [-0.4, -0.2) is 0 Å². The molecule has 2 nitrogen and oxygen atoms in total. The monoisotopic (exact) mass is 258 g/mol. The molecule has 0 saturated carbocycles. The quantitative estimate of drug-likeness (QED) is 0.887. The molecule has 0 radical (unpaired) electrons. The second kappa shape index (κ2) is 5.75. The maximum atomic E-state index is 9.27. The number of rotatable bonds is 3. The predicted molar refractivity (Wildman–Crippen MR) is 80.7 cm³/mol.